The van der Waals surface area contributed by atoms with Gasteiger partial charge in [-0.3, -0.25) is 4.57 Å². The van der Waals surface area contributed by atoms with Crippen LogP contribution >= 0.6 is 0 Å². The summed E-state index contributed by atoms with van der Waals surface area (Å²) in [6, 6.07) is 4.08. The highest BCUT2D eigenvalue weighted by molar-refractivity contribution is 5.74. The number of fused-ring (bicyclic) bond motifs is 1. The van der Waals surface area contributed by atoms with Crippen LogP contribution in [-0.4, -0.2) is 27.8 Å². The van der Waals surface area contributed by atoms with E-state index in [9.17, 15) is 4.79 Å². The third kappa shape index (κ3) is 3.05. The number of aryl methyl sites for hydroxylation is 1. The Kier molecular flexibility index (Phi) is 4.27. The number of methoxy groups -OCH3 is 1. The minimum Gasteiger partial charge on any atom is -0.437 e. The first-order chi connectivity index (χ1) is 10.7. The Hall–Kier alpha value is -2.11. The van der Waals surface area contributed by atoms with E-state index in [4.69, 9.17) is 4.74 Å². The number of hydrogen-bond acceptors (Lipinski definition) is 5. The van der Waals surface area contributed by atoms with Crippen molar-refractivity contribution in [3.8, 4) is 6.01 Å². The quantitative estimate of drug-likeness (QED) is 0.812. The smallest absolute Gasteiger partial charge is 0.437 e. The highest BCUT2D eigenvalue weighted by atomic mass is 16.7. The third-order valence-electron chi connectivity index (χ3n) is 4.20. The maximum absolute atomic E-state index is 11.5. The van der Waals surface area contributed by atoms with Crippen LogP contribution in [0.25, 0.3) is 11.2 Å². The van der Waals surface area contributed by atoms with Crippen LogP contribution in [0.3, 0.4) is 0 Å². The number of imidazole rings is 1. The molecule has 0 saturated heterocycles. The first-order valence-corrected chi connectivity index (χ1v) is 7.77. The predicted octanol–water partition coefficient (Wildman–Crippen LogP) is 3.47. The molecule has 0 bridgehead atoms. The van der Waals surface area contributed by atoms with Crippen LogP contribution in [0.15, 0.2) is 12.1 Å². The van der Waals surface area contributed by atoms with Crippen LogP contribution in [0.5, 0.6) is 6.01 Å². The lowest BCUT2D eigenvalue weighted by atomic mass is 9.89. The Labute approximate surface area is 129 Å². The molecule has 2 aromatic rings. The Morgan fingerprint density at radius 1 is 1.27 bits per heavy atom. The van der Waals surface area contributed by atoms with Crippen LogP contribution < -0.4 is 4.74 Å². The summed E-state index contributed by atoms with van der Waals surface area (Å²) in [5.74, 6) is 0.577. The van der Waals surface area contributed by atoms with Gasteiger partial charge in [0.2, 0.25) is 0 Å². The highest BCUT2D eigenvalue weighted by Crippen LogP contribution is 2.29. The normalized spacial score (nSPS) is 15.9. The Morgan fingerprint density at radius 3 is 2.77 bits per heavy atom. The summed E-state index contributed by atoms with van der Waals surface area (Å²) in [6.45, 7) is 2.72. The summed E-state index contributed by atoms with van der Waals surface area (Å²) in [6.07, 6.45) is 5.47. The summed E-state index contributed by atoms with van der Waals surface area (Å²) in [5, 5.41) is 0. The number of nitrogens with zero attached hydrogens (tertiary/aromatic N) is 3. The monoisotopic (exact) mass is 303 g/mol. The topological polar surface area (TPSA) is 66.2 Å². The lowest BCUT2D eigenvalue weighted by molar-refractivity contribution is 0.115. The fourth-order valence-electron chi connectivity index (χ4n) is 3.06. The molecule has 0 atom stereocenters. The van der Waals surface area contributed by atoms with Gasteiger partial charge in [0.25, 0.3) is 0 Å². The molecule has 0 aromatic carbocycles. The van der Waals surface area contributed by atoms with E-state index in [1.54, 1.807) is 0 Å². The van der Waals surface area contributed by atoms with Gasteiger partial charge in [-0.2, -0.15) is 4.98 Å². The number of carbonyl (C=O) groups excluding carboxylic acids is 1. The first-order valence-electron chi connectivity index (χ1n) is 7.77. The molecule has 0 unspecified atom stereocenters. The van der Waals surface area contributed by atoms with Gasteiger partial charge in [-0.05, 0) is 37.8 Å². The molecule has 1 saturated carbocycles. The number of ether oxygens (including phenoxy) is 2. The molecule has 118 valence electrons. The van der Waals surface area contributed by atoms with Gasteiger partial charge >= 0.3 is 12.2 Å². The lowest BCUT2D eigenvalue weighted by Gasteiger charge is -2.22. The molecular weight excluding hydrogens is 282 g/mol. The van der Waals surface area contributed by atoms with E-state index in [0.29, 0.717) is 5.92 Å². The average molecular weight is 303 g/mol. The van der Waals surface area contributed by atoms with E-state index in [1.807, 2.05) is 23.6 Å². The van der Waals surface area contributed by atoms with E-state index in [1.165, 1.54) is 39.2 Å². The van der Waals surface area contributed by atoms with Crippen molar-refractivity contribution in [2.75, 3.05) is 7.11 Å². The molecule has 0 radical (unpaired) electrons. The fourth-order valence-corrected chi connectivity index (χ4v) is 3.06. The van der Waals surface area contributed by atoms with Gasteiger partial charge in [0.05, 0.1) is 7.11 Å². The van der Waals surface area contributed by atoms with Crippen molar-refractivity contribution in [2.24, 2.45) is 5.92 Å². The molecule has 3 rings (SSSR count). The molecule has 6 nitrogen and oxygen atoms in total. The SMILES string of the molecule is COC(=O)Oc1nc2ccc(C)nc2n1CC1CCCCC1. The van der Waals surface area contributed by atoms with E-state index >= 15 is 0 Å². The number of rotatable bonds is 3. The van der Waals surface area contributed by atoms with Crippen molar-refractivity contribution in [3.05, 3.63) is 17.8 Å². The van der Waals surface area contributed by atoms with Crippen LogP contribution in [0.1, 0.15) is 37.8 Å². The first kappa shape index (κ1) is 14.8. The van der Waals surface area contributed by atoms with Gasteiger partial charge in [0.15, 0.2) is 5.65 Å². The number of pyridine rings is 1. The molecule has 1 aliphatic rings. The second-order valence-electron chi connectivity index (χ2n) is 5.86. The molecular formula is C16H21N3O3. The standard InChI is InChI=1S/C16H21N3O3/c1-11-8-9-13-14(17-11)19(10-12-6-4-3-5-7-12)15(18-13)22-16(20)21-2/h8-9,12H,3-7,10H2,1-2H3. The zero-order valence-corrected chi connectivity index (χ0v) is 13.0. The molecule has 0 aliphatic heterocycles. The zero-order chi connectivity index (χ0) is 15.5. The third-order valence-corrected chi connectivity index (χ3v) is 4.20. The summed E-state index contributed by atoms with van der Waals surface area (Å²) in [7, 11) is 1.29. The minimum absolute atomic E-state index is 0.269. The van der Waals surface area contributed by atoms with E-state index < -0.39 is 6.16 Å². The van der Waals surface area contributed by atoms with E-state index in [2.05, 4.69) is 14.7 Å². The highest BCUT2D eigenvalue weighted by Gasteiger charge is 2.21. The molecule has 0 amide bonds. The summed E-state index contributed by atoms with van der Waals surface area (Å²) in [5.41, 5.74) is 2.42. The molecule has 6 heteroatoms. The van der Waals surface area contributed by atoms with E-state index in [-0.39, 0.29) is 6.01 Å². The maximum Gasteiger partial charge on any atom is 0.516 e. The fraction of sp³-hybridized carbons (Fsp3) is 0.562. The molecule has 1 aliphatic carbocycles. The van der Waals surface area contributed by atoms with Crippen molar-refractivity contribution in [2.45, 2.75) is 45.6 Å². The van der Waals surface area contributed by atoms with Crippen LogP contribution in [-0.2, 0) is 11.3 Å². The van der Waals surface area contributed by atoms with Gasteiger partial charge in [0.1, 0.15) is 5.52 Å². The van der Waals surface area contributed by atoms with E-state index in [0.717, 1.165) is 23.4 Å². The maximum atomic E-state index is 11.5. The van der Waals surface area contributed by atoms with Crippen molar-refractivity contribution >= 4 is 17.3 Å². The van der Waals surface area contributed by atoms with Crippen LogP contribution in [0, 0.1) is 12.8 Å². The molecule has 1 fully saturated rings. The van der Waals surface area contributed by atoms with Crippen molar-refractivity contribution in [1.29, 1.82) is 0 Å². The molecule has 2 aromatic heterocycles. The predicted molar refractivity (Wildman–Crippen MR) is 81.9 cm³/mol. The summed E-state index contributed by atoms with van der Waals surface area (Å²) in [4.78, 5) is 20.4. The van der Waals surface area contributed by atoms with Gasteiger partial charge < -0.3 is 9.47 Å². The summed E-state index contributed by atoms with van der Waals surface area (Å²) >= 11 is 0. The lowest BCUT2D eigenvalue weighted by Crippen LogP contribution is -2.17. The Morgan fingerprint density at radius 2 is 2.05 bits per heavy atom. The minimum atomic E-state index is -0.753. The van der Waals surface area contributed by atoms with Gasteiger partial charge in [0, 0.05) is 12.2 Å². The van der Waals surface area contributed by atoms with Gasteiger partial charge in [-0.1, -0.05) is 19.3 Å². The number of aromatic nitrogens is 3. The summed E-state index contributed by atoms with van der Waals surface area (Å²) < 4.78 is 11.7. The van der Waals surface area contributed by atoms with Crippen LogP contribution in [0.4, 0.5) is 4.79 Å². The molecule has 22 heavy (non-hydrogen) atoms. The van der Waals surface area contributed by atoms with Crippen molar-refractivity contribution < 1.29 is 14.3 Å². The van der Waals surface area contributed by atoms with Gasteiger partial charge in [-0.15, -0.1) is 0 Å². The average Bonchev–Trinajstić information content (AvgIpc) is 2.85. The van der Waals surface area contributed by atoms with Crippen LogP contribution in [0.2, 0.25) is 0 Å². The largest absolute Gasteiger partial charge is 0.516 e. The number of carbonyl (C=O) groups is 1. The molecule has 0 spiro atoms. The van der Waals surface area contributed by atoms with Crippen molar-refractivity contribution in [3.63, 3.8) is 0 Å². The zero-order valence-electron chi connectivity index (χ0n) is 13.0. The second-order valence-corrected chi connectivity index (χ2v) is 5.86. The van der Waals surface area contributed by atoms with Gasteiger partial charge in [-0.25, -0.2) is 9.78 Å². The Bertz CT molecular complexity index is 675. The molecule has 2 heterocycles. The van der Waals surface area contributed by atoms with Crippen molar-refractivity contribution in [1.82, 2.24) is 14.5 Å². The number of hydrogen-bond donors (Lipinski definition) is 0. The second kappa shape index (κ2) is 6.34. The Balaban J connectivity index is 1.96. The molecule has 0 N–H and O–H groups in total.